The molecule has 2 aliphatic heterocycles. The Labute approximate surface area is 139 Å². The Morgan fingerprint density at radius 1 is 1.32 bits per heavy atom. The summed E-state index contributed by atoms with van der Waals surface area (Å²) in [6.07, 6.45) is 4.98. The van der Waals surface area contributed by atoms with Crippen molar-refractivity contribution < 1.29 is 4.79 Å². The molecule has 1 amide bonds. The number of piperidine rings is 2. The summed E-state index contributed by atoms with van der Waals surface area (Å²) in [5.74, 6) is 0.877. The van der Waals surface area contributed by atoms with Crippen molar-refractivity contribution >= 4 is 34.0 Å². The molecule has 0 saturated carbocycles. The van der Waals surface area contributed by atoms with Crippen LogP contribution in [0.4, 0.5) is 5.00 Å². The Balaban J connectivity index is 1.56. The minimum absolute atomic E-state index is 0.309. The summed E-state index contributed by atoms with van der Waals surface area (Å²) in [5, 5.41) is 10.4. The number of hydrogen-bond donors (Lipinski definition) is 0. The highest BCUT2D eigenvalue weighted by molar-refractivity contribution is 7.10. The number of aromatic nitrogens is 1. The van der Waals surface area contributed by atoms with Crippen LogP contribution in [0.15, 0.2) is 0 Å². The van der Waals surface area contributed by atoms with Gasteiger partial charge in [-0.3, -0.25) is 4.79 Å². The van der Waals surface area contributed by atoms with E-state index < -0.39 is 0 Å². The fraction of sp³-hybridized carbons (Fsp3) is 0.667. The van der Waals surface area contributed by atoms with Crippen LogP contribution >= 0.6 is 23.1 Å². The summed E-state index contributed by atoms with van der Waals surface area (Å²) in [6.45, 7) is 3.61. The normalized spacial score (nSPS) is 20.3. The number of hydrogen-bond acceptors (Lipinski definition) is 5. The van der Waals surface area contributed by atoms with Gasteiger partial charge in [-0.25, -0.2) is 0 Å². The largest absolute Gasteiger partial charge is 0.361 e. The van der Waals surface area contributed by atoms with Crippen LogP contribution in [0.3, 0.4) is 0 Å². The average molecular weight is 339 g/mol. The molecule has 2 aliphatic rings. The third-order valence-corrected chi connectivity index (χ3v) is 5.83. The summed E-state index contributed by atoms with van der Waals surface area (Å²) in [7, 11) is 0. The van der Waals surface area contributed by atoms with E-state index in [-0.39, 0.29) is 0 Å². The van der Waals surface area contributed by atoms with Gasteiger partial charge in [-0.2, -0.15) is 9.64 Å². The van der Waals surface area contributed by atoms with Crippen molar-refractivity contribution in [2.24, 2.45) is 5.92 Å². The topological polar surface area (TPSA) is 60.2 Å². The highest BCUT2D eigenvalue weighted by Crippen LogP contribution is 2.34. The summed E-state index contributed by atoms with van der Waals surface area (Å²) >= 11 is 7.25. The Hall–Kier alpha value is -1.32. The zero-order valence-corrected chi connectivity index (χ0v) is 14.0. The van der Waals surface area contributed by atoms with E-state index in [1.54, 1.807) is 0 Å². The molecular weight excluding hydrogens is 320 g/mol. The lowest BCUT2D eigenvalue weighted by atomic mass is 9.95. The van der Waals surface area contributed by atoms with Gasteiger partial charge in [0.1, 0.15) is 16.6 Å². The van der Waals surface area contributed by atoms with Crippen molar-refractivity contribution in [1.82, 2.24) is 9.27 Å². The maximum absolute atomic E-state index is 11.9. The van der Waals surface area contributed by atoms with Crippen molar-refractivity contribution in [2.75, 3.05) is 31.1 Å². The molecule has 2 saturated heterocycles. The van der Waals surface area contributed by atoms with Gasteiger partial charge in [-0.1, -0.05) is 11.6 Å². The molecule has 0 unspecified atom stereocenters. The van der Waals surface area contributed by atoms with E-state index in [0.717, 1.165) is 56.9 Å². The molecule has 7 heteroatoms. The smallest absolute Gasteiger partial charge is 0.222 e. The van der Waals surface area contributed by atoms with Gasteiger partial charge in [-0.15, -0.1) is 0 Å². The first-order valence-electron chi connectivity index (χ1n) is 7.77. The molecule has 0 spiro atoms. The minimum Gasteiger partial charge on any atom is -0.361 e. The molecule has 0 aliphatic carbocycles. The Morgan fingerprint density at radius 3 is 2.77 bits per heavy atom. The molecular formula is C15H19ClN4OS. The van der Waals surface area contributed by atoms with E-state index in [0.29, 0.717) is 29.0 Å². The van der Waals surface area contributed by atoms with Crippen LogP contribution in [-0.4, -0.2) is 41.4 Å². The van der Waals surface area contributed by atoms with E-state index >= 15 is 0 Å². The molecule has 118 valence electrons. The standard InChI is InChI=1S/C15H19ClN4OS/c16-14-12(9-17)15(22-18-14)19-7-4-11(5-8-19)10-20-6-2-1-3-13(20)21/h11H,1-8,10H2. The number of rotatable bonds is 3. The molecule has 22 heavy (non-hydrogen) atoms. The number of likely N-dealkylation sites (tertiary alicyclic amines) is 1. The SMILES string of the molecule is N#Cc1c(Cl)nsc1N1CCC(CN2CCCCC2=O)CC1. The van der Waals surface area contributed by atoms with Crippen LogP contribution in [0.5, 0.6) is 0 Å². The van der Waals surface area contributed by atoms with Gasteiger partial charge in [0.2, 0.25) is 5.91 Å². The molecule has 2 fully saturated rings. The van der Waals surface area contributed by atoms with Gasteiger partial charge in [0.15, 0.2) is 5.15 Å². The van der Waals surface area contributed by atoms with Crippen molar-refractivity contribution in [2.45, 2.75) is 32.1 Å². The molecule has 0 atom stereocenters. The van der Waals surface area contributed by atoms with E-state index in [2.05, 4.69) is 15.3 Å². The second-order valence-corrected chi connectivity index (χ2v) is 7.10. The Morgan fingerprint density at radius 2 is 2.09 bits per heavy atom. The first-order chi connectivity index (χ1) is 10.7. The highest BCUT2D eigenvalue weighted by atomic mass is 35.5. The second kappa shape index (κ2) is 6.84. The number of nitrogens with zero attached hydrogens (tertiary/aromatic N) is 4. The van der Waals surface area contributed by atoms with Crippen molar-refractivity contribution in [1.29, 1.82) is 5.26 Å². The fourth-order valence-corrected chi connectivity index (χ4v) is 4.34. The lowest BCUT2D eigenvalue weighted by molar-refractivity contribution is -0.134. The number of nitriles is 1. The molecule has 1 aromatic heterocycles. The van der Waals surface area contributed by atoms with Crippen LogP contribution in [-0.2, 0) is 4.79 Å². The second-order valence-electron chi connectivity index (χ2n) is 5.99. The molecule has 0 aromatic carbocycles. The minimum atomic E-state index is 0.309. The van der Waals surface area contributed by atoms with Crippen LogP contribution in [0.2, 0.25) is 5.15 Å². The maximum atomic E-state index is 11.9. The van der Waals surface area contributed by atoms with Gasteiger partial charge in [0.25, 0.3) is 0 Å². The first kappa shape index (κ1) is 15.6. The van der Waals surface area contributed by atoms with Gasteiger partial charge < -0.3 is 9.80 Å². The van der Waals surface area contributed by atoms with E-state index in [9.17, 15) is 10.1 Å². The predicted molar refractivity (Wildman–Crippen MR) is 87.2 cm³/mol. The van der Waals surface area contributed by atoms with Crippen LogP contribution in [0.25, 0.3) is 0 Å². The van der Waals surface area contributed by atoms with Crippen molar-refractivity contribution in [3.63, 3.8) is 0 Å². The van der Waals surface area contributed by atoms with Gasteiger partial charge in [0, 0.05) is 32.6 Å². The van der Waals surface area contributed by atoms with Gasteiger partial charge >= 0.3 is 0 Å². The fourth-order valence-electron chi connectivity index (χ4n) is 3.26. The lowest BCUT2D eigenvalue weighted by Gasteiger charge is -2.36. The summed E-state index contributed by atoms with van der Waals surface area (Å²) in [4.78, 5) is 16.1. The molecule has 0 N–H and O–H groups in total. The van der Waals surface area contributed by atoms with Crippen LogP contribution in [0, 0.1) is 17.2 Å². The van der Waals surface area contributed by atoms with Crippen LogP contribution in [0.1, 0.15) is 37.7 Å². The van der Waals surface area contributed by atoms with Gasteiger partial charge in [-0.05, 0) is 43.1 Å². The summed E-state index contributed by atoms with van der Waals surface area (Å²) in [6, 6.07) is 2.15. The van der Waals surface area contributed by atoms with Crippen molar-refractivity contribution in [3.05, 3.63) is 10.7 Å². The van der Waals surface area contributed by atoms with Gasteiger partial charge in [0.05, 0.1) is 0 Å². The number of anilines is 1. The first-order valence-corrected chi connectivity index (χ1v) is 8.92. The van der Waals surface area contributed by atoms with E-state index in [1.807, 2.05) is 4.90 Å². The number of carbonyl (C=O) groups is 1. The molecule has 5 nitrogen and oxygen atoms in total. The van der Waals surface area contributed by atoms with Crippen LogP contribution < -0.4 is 4.90 Å². The van der Waals surface area contributed by atoms with E-state index in [4.69, 9.17) is 11.6 Å². The summed E-state index contributed by atoms with van der Waals surface area (Å²) < 4.78 is 4.08. The summed E-state index contributed by atoms with van der Waals surface area (Å²) in [5.41, 5.74) is 0.497. The zero-order valence-electron chi connectivity index (χ0n) is 12.4. The molecule has 3 heterocycles. The number of carbonyl (C=O) groups excluding carboxylic acids is 1. The zero-order chi connectivity index (χ0) is 15.5. The Bertz CT molecular complexity index is 589. The predicted octanol–water partition coefficient (Wildman–Crippen LogP) is 2.90. The quantitative estimate of drug-likeness (QED) is 0.850. The maximum Gasteiger partial charge on any atom is 0.222 e. The van der Waals surface area contributed by atoms with E-state index in [1.165, 1.54) is 11.5 Å². The Kier molecular flexibility index (Phi) is 4.84. The average Bonchev–Trinajstić information content (AvgIpc) is 2.91. The number of amides is 1. The molecule has 1 aromatic rings. The monoisotopic (exact) mass is 338 g/mol. The highest BCUT2D eigenvalue weighted by Gasteiger charge is 2.27. The lowest BCUT2D eigenvalue weighted by Crippen LogP contribution is -2.42. The molecule has 0 bridgehead atoms. The van der Waals surface area contributed by atoms with Crippen molar-refractivity contribution in [3.8, 4) is 6.07 Å². The molecule has 0 radical (unpaired) electrons. The molecule has 3 rings (SSSR count). The number of halogens is 1. The third-order valence-electron chi connectivity index (χ3n) is 4.55. The third kappa shape index (κ3) is 3.21.